The molecule has 0 bridgehead atoms. The van der Waals surface area contributed by atoms with Crippen LogP contribution in [0.3, 0.4) is 0 Å². The monoisotopic (exact) mass is 243 g/mol. The molecular weight excluding hydrogens is 227 g/mol. The average molecular weight is 243 g/mol. The summed E-state index contributed by atoms with van der Waals surface area (Å²) in [5, 5.41) is 3.09. The lowest BCUT2D eigenvalue weighted by Gasteiger charge is -2.26. The van der Waals surface area contributed by atoms with Crippen molar-refractivity contribution >= 4 is 0 Å². The van der Waals surface area contributed by atoms with E-state index < -0.39 is 23.2 Å². The Hall–Kier alpha value is -1.03. The maximum atomic E-state index is 14.2. The molecule has 1 aromatic rings. The summed E-state index contributed by atoms with van der Waals surface area (Å²) >= 11 is 0. The summed E-state index contributed by atoms with van der Waals surface area (Å²) in [4.78, 5) is 0. The van der Waals surface area contributed by atoms with Crippen molar-refractivity contribution in [1.82, 2.24) is 5.32 Å². The van der Waals surface area contributed by atoms with E-state index >= 15 is 0 Å². The molecule has 17 heavy (non-hydrogen) atoms. The fourth-order valence-corrected chi connectivity index (χ4v) is 2.33. The van der Waals surface area contributed by atoms with Crippen LogP contribution in [0.4, 0.5) is 13.2 Å². The van der Waals surface area contributed by atoms with Gasteiger partial charge in [0.15, 0.2) is 0 Å². The minimum absolute atomic E-state index is 0.390. The van der Waals surface area contributed by atoms with Crippen LogP contribution in [0.25, 0.3) is 0 Å². The summed E-state index contributed by atoms with van der Waals surface area (Å²) in [6.45, 7) is 1.35. The maximum absolute atomic E-state index is 14.2. The van der Waals surface area contributed by atoms with Crippen LogP contribution in [-0.2, 0) is 5.92 Å². The highest BCUT2D eigenvalue weighted by Gasteiger charge is 2.42. The van der Waals surface area contributed by atoms with E-state index in [0.29, 0.717) is 25.8 Å². The van der Waals surface area contributed by atoms with Gasteiger partial charge in [-0.1, -0.05) is 18.2 Å². The molecule has 1 aliphatic heterocycles. The molecule has 0 saturated carbocycles. The van der Waals surface area contributed by atoms with Crippen molar-refractivity contribution < 1.29 is 13.2 Å². The van der Waals surface area contributed by atoms with Gasteiger partial charge in [0.1, 0.15) is 5.82 Å². The zero-order chi connectivity index (χ0) is 12.3. The molecule has 1 fully saturated rings. The van der Waals surface area contributed by atoms with Crippen LogP contribution < -0.4 is 5.32 Å². The molecule has 1 atom stereocenters. The van der Waals surface area contributed by atoms with Crippen LogP contribution in [0.2, 0.25) is 0 Å². The van der Waals surface area contributed by atoms with Crippen molar-refractivity contribution in [2.24, 2.45) is 5.92 Å². The van der Waals surface area contributed by atoms with Gasteiger partial charge in [-0.3, -0.25) is 0 Å². The van der Waals surface area contributed by atoms with Crippen molar-refractivity contribution in [3.8, 4) is 0 Å². The van der Waals surface area contributed by atoms with Gasteiger partial charge >= 0.3 is 0 Å². The SMILES string of the molecule is Fc1ccccc1C(F)(F)C1CCCNCC1. The van der Waals surface area contributed by atoms with Gasteiger partial charge in [0, 0.05) is 5.92 Å². The van der Waals surface area contributed by atoms with Gasteiger partial charge in [0.2, 0.25) is 0 Å². The third-order valence-corrected chi connectivity index (χ3v) is 3.32. The van der Waals surface area contributed by atoms with E-state index in [0.717, 1.165) is 12.6 Å². The Labute approximate surface area is 99.0 Å². The van der Waals surface area contributed by atoms with Crippen LogP contribution in [0.1, 0.15) is 24.8 Å². The van der Waals surface area contributed by atoms with E-state index in [2.05, 4.69) is 5.32 Å². The Bertz CT molecular complexity index is 371. The minimum Gasteiger partial charge on any atom is -0.317 e. The molecule has 1 saturated heterocycles. The highest BCUT2D eigenvalue weighted by molar-refractivity contribution is 5.23. The van der Waals surface area contributed by atoms with Crippen LogP contribution in [0.5, 0.6) is 0 Å². The Kier molecular flexibility index (Phi) is 3.72. The smallest absolute Gasteiger partial charge is 0.278 e. The van der Waals surface area contributed by atoms with Gasteiger partial charge < -0.3 is 5.32 Å². The van der Waals surface area contributed by atoms with Crippen LogP contribution in [0, 0.1) is 11.7 Å². The van der Waals surface area contributed by atoms with Crippen molar-refractivity contribution in [1.29, 1.82) is 0 Å². The van der Waals surface area contributed by atoms with Crippen molar-refractivity contribution in [3.63, 3.8) is 0 Å². The van der Waals surface area contributed by atoms with Crippen molar-refractivity contribution in [3.05, 3.63) is 35.6 Å². The average Bonchev–Trinajstić information content (AvgIpc) is 2.58. The summed E-state index contributed by atoms with van der Waals surface area (Å²) in [6, 6.07) is 5.18. The van der Waals surface area contributed by atoms with E-state index in [4.69, 9.17) is 0 Å². The third kappa shape index (κ3) is 2.63. The molecule has 1 aliphatic rings. The number of rotatable bonds is 2. The van der Waals surface area contributed by atoms with Gasteiger partial charge in [-0.2, -0.15) is 0 Å². The number of hydrogen-bond acceptors (Lipinski definition) is 1. The zero-order valence-electron chi connectivity index (χ0n) is 9.56. The highest BCUT2D eigenvalue weighted by Crippen LogP contribution is 2.41. The van der Waals surface area contributed by atoms with Gasteiger partial charge in [0.05, 0.1) is 5.56 Å². The number of halogens is 3. The lowest BCUT2D eigenvalue weighted by atomic mass is 9.88. The molecule has 0 amide bonds. The molecule has 0 aromatic heterocycles. The second kappa shape index (κ2) is 5.08. The largest absolute Gasteiger partial charge is 0.317 e. The summed E-state index contributed by atoms with van der Waals surface area (Å²) < 4.78 is 41.9. The molecule has 1 heterocycles. The van der Waals surface area contributed by atoms with Gasteiger partial charge in [-0.05, 0) is 38.4 Å². The molecule has 1 unspecified atom stereocenters. The highest BCUT2D eigenvalue weighted by atomic mass is 19.3. The Balaban J connectivity index is 2.25. The van der Waals surface area contributed by atoms with Crippen LogP contribution in [-0.4, -0.2) is 13.1 Å². The van der Waals surface area contributed by atoms with Gasteiger partial charge in [-0.15, -0.1) is 0 Å². The Morgan fingerprint density at radius 2 is 1.88 bits per heavy atom. The molecule has 0 aliphatic carbocycles. The lowest BCUT2D eigenvalue weighted by molar-refractivity contribution is -0.0722. The quantitative estimate of drug-likeness (QED) is 0.840. The minimum atomic E-state index is -3.07. The van der Waals surface area contributed by atoms with E-state index in [1.165, 1.54) is 18.2 Å². The molecule has 4 heteroatoms. The Morgan fingerprint density at radius 1 is 1.12 bits per heavy atom. The van der Waals surface area contributed by atoms with Crippen LogP contribution >= 0.6 is 0 Å². The molecular formula is C13H16F3N. The molecule has 94 valence electrons. The zero-order valence-corrected chi connectivity index (χ0v) is 9.56. The normalized spacial score (nSPS) is 22.2. The third-order valence-electron chi connectivity index (χ3n) is 3.32. The molecule has 0 radical (unpaired) electrons. The van der Waals surface area contributed by atoms with E-state index in [1.54, 1.807) is 0 Å². The number of hydrogen-bond donors (Lipinski definition) is 1. The van der Waals surface area contributed by atoms with E-state index in [1.807, 2.05) is 0 Å². The summed E-state index contributed by atoms with van der Waals surface area (Å²) in [7, 11) is 0. The first kappa shape index (κ1) is 12.4. The fourth-order valence-electron chi connectivity index (χ4n) is 2.33. The lowest BCUT2D eigenvalue weighted by Crippen LogP contribution is -2.28. The van der Waals surface area contributed by atoms with Crippen LogP contribution in [0.15, 0.2) is 24.3 Å². The molecule has 1 nitrogen and oxygen atoms in total. The van der Waals surface area contributed by atoms with E-state index in [-0.39, 0.29) is 0 Å². The Morgan fingerprint density at radius 3 is 2.65 bits per heavy atom. The van der Waals surface area contributed by atoms with Crippen molar-refractivity contribution in [2.45, 2.75) is 25.2 Å². The number of benzene rings is 1. The second-order valence-electron chi connectivity index (χ2n) is 4.48. The molecule has 0 spiro atoms. The first-order valence-corrected chi connectivity index (χ1v) is 5.96. The maximum Gasteiger partial charge on any atom is 0.278 e. The standard InChI is InChI=1S/C13H16F3N/c14-12-6-2-1-5-11(12)13(15,16)10-4-3-8-17-9-7-10/h1-2,5-6,10,17H,3-4,7-9H2. The first-order valence-electron chi connectivity index (χ1n) is 5.96. The van der Waals surface area contributed by atoms with Gasteiger partial charge in [-0.25, -0.2) is 13.2 Å². The summed E-state index contributed by atoms with van der Waals surface area (Å²) in [6.07, 6.45) is 1.55. The number of alkyl halides is 2. The first-order chi connectivity index (χ1) is 8.12. The van der Waals surface area contributed by atoms with E-state index in [9.17, 15) is 13.2 Å². The fraction of sp³-hybridized carbons (Fsp3) is 0.538. The summed E-state index contributed by atoms with van der Waals surface area (Å²) in [5.41, 5.74) is -0.466. The number of nitrogens with one attached hydrogen (secondary N) is 1. The summed E-state index contributed by atoms with van der Waals surface area (Å²) in [5.74, 6) is -4.65. The topological polar surface area (TPSA) is 12.0 Å². The molecule has 2 rings (SSSR count). The predicted molar refractivity (Wildman–Crippen MR) is 60.5 cm³/mol. The molecule has 1 N–H and O–H groups in total. The van der Waals surface area contributed by atoms with Crippen molar-refractivity contribution in [2.75, 3.05) is 13.1 Å². The predicted octanol–water partition coefficient (Wildman–Crippen LogP) is 3.31. The second-order valence-corrected chi connectivity index (χ2v) is 4.48. The molecule has 1 aromatic carbocycles. The van der Waals surface area contributed by atoms with Gasteiger partial charge in [0.25, 0.3) is 5.92 Å².